The summed E-state index contributed by atoms with van der Waals surface area (Å²) < 4.78 is 6.45. The van der Waals surface area contributed by atoms with Gasteiger partial charge in [-0.3, -0.25) is 14.2 Å². The molecule has 26 heavy (non-hydrogen) atoms. The zero-order chi connectivity index (χ0) is 19.1. The average molecular weight is 360 g/mol. The molecule has 0 saturated carbocycles. The maximum Gasteiger partial charge on any atom is 0.305 e. The van der Waals surface area contributed by atoms with E-state index in [2.05, 4.69) is 26.1 Å². The Morgan fingerprint density at radius 3 is 2.69 bits per heavy atom. The van der Waals surface area contributed by atoms with Gasteiger partial charge in [0.25, 0.3) is 5.56 Å². The Morgan fingerprint density at radius 1 is 1.31 bits per heavy atom. The first-order valence-electron chi connectivity index (χ1n) is 9.37. The summed E-state index contributed by atoms with van der Waals surface area (Å²) in [5.41, 5.74) is 0.694. The van der Waals surface area contributed by atoms with Gasteiger partial charge in [-0.2, -0.15) is 0 Å². The van der Waals surface area contributed by atoms with Crippen LogP contribution in [0.5, 0.6) is 0 Å². The number of carbonyl (C=O) groups excluding carboxylic acids is 1. The summed E-state index contributed by atoms with van der Waals surface area (Å²) in [6.07, 6.45) is 1.73. The SMILES string of the molecule is CC[C@@H]([NH2+]CC(C)C)c1nc2ccccc2c(=O)n1CCCC(=O)OC. The Hall–Kier alpha value is -2.21. The summed E-state index contributed by atoms with van der Waals surface area (Å²) in [6, 6.07) is 7.57. The van der Waals surface area contributed by atoms with Crippen molar-refractivity contribution >= 4 is 16.9 Å². The molecule has 1 heterocycles. The fourth-order valence-corrected chi connectivity index (χ4v) is 3.06. The summed E-state index contributed by atoms with van der Waals surface area (Å²) >= 11 is 0. The quantitative estimate of drug-likeness (QED) is 0.694. The lowest BCUT2D eigenvalue weighted by molar-refractivity contribution is -0.702. The van der Waals surface area contributed by atoms with Crippen molar-refractivity contribution in [1.29, 1.82) is 0 Å². The Bertz CT molecular complexity index is 798. The van der Waals surface area contributed by atoms with E-state index >= 15 is 0 Å². The van der Waals surface area contributed by atoms with Crippen LogP contribution in [0.25, 0.3) is 10.9 Å². The number of benzene rings is 1. The van der Waals surface area contributed by atoms with Gasteiger partial charge in [0.05, 0.1) is 24.6 Å². The fourth-order valence-electron chi connectivity index (χ4n) is 3.06. The van der Waals surface area contributed by atoms with Gasteiger partial charge in [-0.25, -0.2) is 4.98 Å². The van der Waals surface area contributed by atoms with E-state index in [1.54, 1.807) is 4.57 Å². The second kappa shape index (κ2) is 9.48. The molecule has 6 heteroatoms. The molecule has 1 aromatic carbocycles. The van der Waals surface area contributed by atoms with Crippen LogP contribution in [0.1, 0.15) is 51.9 Å². The maximum atomic E-state index is 13.0. The second-order valence-corrected chi connectivity index (χ2v) is 7.00. The molecule has 0 aliphatic carbocycles. The Kier molecular flexibility index (Phi) is 7.33. The number of hydrogen-bond donors (Lipinski definition) is 1. The number of aromatic nitrogens is 2. The van der Waals surface area contributed by atoms with Crippen LogP contribution in [0, 0.1) is 5.92 Å². The highest BCUT2D eigenvalue weighted by molar-refractivity contribution is 5.77. The standard InChI is InChI=1S/C20H29N3O3/c1-5-16(21-13-14(2)3)19-22-17-10-7-6-9-15(17)20(25)23(19)12-8-11-18(24)26-4/h6-7,9-10,14,16,21H,5,8,11-13H2,1-4H3/p+1/t16-/m1/s1. The van der Waals surface area contributed by atoms with Gasteiger partial charge in [-0.15, -0.1) is 0 Å². The zero-order valence-corrected chi connectivity index (χ0v) is 16.2. The van der Waals surface area contributed by atoms with Crippen molar-refractivity contribution in [3.05, 3.63) is 40.4 Å². The van der Waals surface area contributed by atoms with Crippen LogP contribution < -0.4 is 10.9 Å². The van der Waals surface area contributed by atoms with Gasteiger partial charge in [-0.1, -0.05) is 32.9 Å². The van der Waals surface area contributed by atoms with Crippen LogP contribution in [0.3, 0.4) is 0 Å². The summed E-state index contributed by atoms with van der Waals surface area (Å²) in [6.45, 7) is 7.92. The number of hydrogen-bond acceptors (Lipinski definition) is 4. The molecule has 0 amide bonds. The van der Waals surface area contributed by atoms with Gasteiger partial charge in [0.1, 0.15) is 6.04 Å². The summed E-state index contributed by atoms with van der Waals surface area (Å²) in [5, 5.41) is 2.88. The first-order valence-corrected chi connectivity index (χ1v) is 9.37. The molecule has 142 valence electrons. The summed E-state index contributed by atoms with van der Waals surface area (Å²) in [5.74, 6) is 1.09. The number of quaternary nitrogens is 1. The highest BCUT2D eigenvalue weighted by Gasteiger charge is 2.21. The first kappa shape index (κ1) is 20.1. The van der Waals surface area contributed by atoms with E-state index in [9.17, 15) is 9.59 Å². The molecule has 1 atom stereocenters. The number of para-hydroxylation sites is 1. The third-order valence-electron chi connectivity index (χ3n) is 4.54. The van der Waals surface area contributed by atoms with Crippen LogP contribution in [-0.2, 0) is 16.1 Å². The van der Waals surface area contributed by atoms with E-state index in [0.29, 0.717) is 30.7 Å². The van der Waals surface area contributed by atoms with Crippen molar-refractivity contribution in [2.45, 2.75) is 52.6 Å². The molecular weight excluding hydrogens is 330 g/mol. The summed E-state index contributed by atoms with van der Waals surface area (Å²) in [4.78, 5) is 29.3. The van der Waals surface area contributed by atoms with Gasteiger partial charge in [-0.05, 0) is 18.6 Å². The zero-order valence-electron chi connectivity index (χ0n) is 16.2. The monoisotopic (exact) mass is 360 g/mol. The number of carbonyl (C=O) groups is 1. The van der Waals surface area contributed by atoms with Crippen molar-refractivity contribution in [3.63, 3.8) is 0 Å². The number of methoxy groups -OCH3 is 1. The topological polar surface area (TPSA) is 77.8 Å². The maximum absolute atomic E-state index is 13.0. The highest BCUT2D eigenvalue weighted by atomic mass is 16.5. The van der Waals surface area contributed by atoms with Crippen molar-refractivity contribution in [3.8, 4) is 0 Å². The smallest absolute Gasteiger partial charge is 0.305 e. The predicted octanol–water partition coefficient (Wildman–Crippen LogP) is 2.02. The lowest BCUT2D eigenvalue weighted by Crippen LogP contribution is -2.86. The lowest BCUT2D eigenvalue weighted by Gasteiger charge is -2.20. The minimum absolute atomic E-state index is 0.0353. The van der Waals surface area contributed by atoms with E-state index in [1.165, 1.54) is 7.11 Å². The van der Waals surface area contributed by atoms with E-state index in [0.717, 1.165) is 24.3 Å². The van der Waals surface area contributed by atoms with E-state index in [4.69, 9.17) is 9.72 Å². The third kappa shape index (κ3) is 4.91. The molecule has 0 aliphatic heterocycles. The van der Waals surface area contributed by atoms with Gasteiger partial charge in [0.2, 0.25) is 0 Å². The van der Waals surface area contributed by atoms with Crippen LogP contribution in [0.2, 0.25) is 0 Å². The van der Waals surface area contributed by atoms with Gasteiger partial charge >= 0.3 is 5.97 Å². The highest BCUT2D eigenvalue weighted by Crippen LogP contribution is 2.15. The molecule has 0 unspecified atom stereocenters. The third-order valence-corrected chi connectivity index (χ3v) is 4.54. The van der Waals surface area contributed by atoms with Gasteiger partial charge in [0.15, 0.2) is 5.82 Å². The average Bonchev–Trinajstić information content (AvgIpc) is 2.64. The number of rotatable bonds is 9. The molecule has 0 saturated heterocycles. The van der Waals surface area contributed by atoms with Crippen molar-refractivity contribution < 1.29 is 14.8 Å². The fraction of sp³-hybridized carbons (Fsp3) is 0.550. The molecule has 0 fully saturated rings. The number of ether oxygens (including phenoxy) is 1. The van der Waals surface area contributed by atoms with E-state index in [-0.39, 0.29) is 17.6 Å². The largest absolute Gasteiger partial charge is 0.469 e. The molecular formula is C20H30N3O3+. The molecule has 2 rings (SSSR count). The van der Waals surface area contributed by atoms with Crippen molar-refractivity contribution in [1.82, 2.24) is 9.55 Å². The van der Waals surface area contributed by atoms with Crippen LogP contribution >= 0.6 is 0 Å². The minimum atomic E-state index is -0.258. The van der Waals surface area contributed by atoms with Crippen LogP contribution in [0.4, 0.5) is 0 Å². The number of fused-ring (bicyclic) bond motifs is 1. The van der Waals surface area contributed by atoms with Crippen LogP contribution in [-0.4, -0.2) is 29.2 Å². The predicted molar refractivity (Wildman–Crippen MR) is 102 cm³/mol. The molecule has 2 aromatic rings. The summed E-state index contributed by atoms with van der Waals surface area (Å²) in [7, 11) is 1.38. The van der Waals surface area contributed by atoms with Crippen LogP contribution in [0.15, 0.2) is 29.1 Å². The van der Waals surface area contributed by atoms with Gasteiger partial charge < -0.3 is 10.1 Å². The molecule has 1 aromatic heterocycles. The molecule has 0 radical (unpaired) electrons. The molecule has 2 N–H and O–H groups in total. The Balaban J connectivity index is 2.42. The Morgan fingerprint density at radius 2 is 2.04 bits per heavy atom. The second-order valence-electron chi connectivity index (χ2n) is 7.00. The van der Waals surface area contributed by atoms with Crippen molar-refractivity contribution in [2.24, 2.45) is 5.92 Å². The molecule has 0 aliphatic rings. The van der Waals surface area contributed by atoms with Gasteiger partial charge in [0, 0.05) is 25.3 Å². The van der Waals surface area contributed by atoms with E-state index < -0.39 is 0 Å². The number of nitrogens with zero attached hydrogens (tertiary/aromatic N) is 2. The molecule has 0 bridgehead atoms. The Labute approximate surface area is 154 Å². The first-order chi connectivity index (χ1) is 12.5. The molecule has 6 nitrogen and oxygen atoms in total. The number of esters is 1. The lowest BCUT2D eigenvalue weighted by atomic mass is 10.1. The normalized spacial score (nSPS) is 12.5. The molecule has 0 spiro atoms. The number of nitrogens with two attached hydrogens (primary N) is 1. The van der Waals surface area contributed by atoms with Crippen molar-refractivity contribution in [2.75, 3.05) is 13.7 Å². The van der Waals surface area contributed by atoms with E-state index in [1.807, 2.05) is 24.3 Å². The minimum Gasteiger partial charge on any atom is -0.469 e.